The maximum Gasteiger partial charge on any atom is 0.320 e. The predicted molar refractivity (Wildman–Crippen MR) is 68.3 cm³/mol. The van der Waals surface area contributed by atoms with Gasteiger partial charge in [0, 0.05) is 13.2 Å². The summed E-state index contributed by atoms with van der Waals surface area (Å²) in [7, 11) is 1.82. The molecule has 0 saturated carbocycles. The van der Waals surface area contributed by atoms with E-state index in [0.717, 1.165) is 5.56 Å². The number of esters is 2. The van der Waals surface area contributed by atoms with E-state index in [2.05, 4.69) is 5.10 Å². The highest BCUT2D eigenvalue weighted by atomic mass is 16.6. The molecule has 1 aromatic heterocycles. The first-order valence-corrected chi connectivity index (χ1v) is 6.39. The van der Waals surface area contributed by atoms with Crippen molar-refractivity contribution < 1.29 is 19.1 Å². The van der Waals surface area contributed by atoms with Crippen LogP contribution in [0.3, 0.4) is 0 Å². The Hall–Kier alpha value is -1.85. The van der Waals surface area contributed by atoms with Gasteiger partial charge in [0.15, 0.2) is 5.92 Å². The molecule has 1 rings (SSSR count). The second-order valence-corrected chi connectivity index (χ2v) is 4.12. The monoisotopic (exact) mass is 268 g/mol. The number of rotatable bonds is 7. The number of hydrogen-bond donors (Lipinski definition) is 0. The second kappa shape index (κ2) is 7.56. The maximum absolute atomic E-state index is 11.7. The van der Waals surface area contributed by atoms with E-state index >= 15 is 0 Å². The Bertz CT molecular complexity index is 410. The Morgan fingerprint density at radius 2 is 1.84 bits per heavy atom. The molecule has 6 nitrogen and oxygen atoms in total. The first-order chi connectivity index (χ1) is 9.08. The SMILES string of the molecule is CCOC(=O)C(CCc1cnn(C)c1)C(=O)OCC. The van der Waals surface area contributed by atoms with Crippen LogP contribution in [0.2, 0.25) is 0 Å². The van der Waals surface area contributed by atoms with Crippen LogP contribution in [0.1, 0.15) is 25.8 Å². The van der Waals surface area contributed by atoms with E-state index < -0.39 is 17.9 Å². The van der Waals surface area contributed by atoms with Gasteiger partial charge in [-0.05, 0) is 32.3 Å². The van der Waals surface area contributed by atoms with Crippen molar-refractivity contribution >= 4 is 11.9 Å². The van der Waals surface area contributed by atoms with Crippen LogP contribution in [0.4, 0.5) is 0 Å². The molecule has 0 radical (unpaired) electrons. The Kier molecular flexibility index (Phi) is 6.05. The van der Waals surface area contributed by atoms with Crippen molar-refractivity contribution in [3.05, 3.63) is 18.0 Å². The zero-order valence-electron chi connectivity index (χ0n) is 11.6. The van der Waals surface area contributed by atoms with E-state index in [-0.39, 0.29) is 13.2 Å². The highest BCUT2D eigenvalue weighted by Crippen LogP contribution is 2.13. The fraction of sp³-hybridized carbons (Fsp3) is 0.615. The fourth-order valence-electron chi connectivity index (χ4n) is 1.73. The van der Waals surface area contributed by atoms with Crippen molar-refractivity contribution in [2.45, 2.75) is 26.7 Å². The van der Waals surface area contributed by atoms with E-state index in [4.69, 9.17) is 9.47 Å². The summed E-state index contributed by atoms with van der Waals surface area (Å²) in [5.74, 6) is -1.91. The van der Waals surface area contributed by atoms with Gasteiger partial charge in [0.05, 0.1) is 19.4 Å². The van der Waals surface area contributed by atoms with Crippen LogP contribution in [-0.2, 0) is 32.5 Å². The molecule has 0 unspecified atom stereocenters. The van der Waals surface area contributed by atoms with Crippen LogP contribution in [-0.4, -0.2) is 34.9 Å². The predicted octanol–water partition coefficient (Wildman–Crippen LogP) is 1.10. The van der Waals surface area contributed by atoms with Crippen molar-refractivity contribution in [1.29, 1.82) is 0 Å². The van der Waals surface area contributed by atoms with Gasteiger partial charge in [-0.1, -0.05) is 0 Å². The summed E-state index contributed by atoms with van der Waals surface area (Å²) in [6.45, 7) is 3.92. The summed E-state index contributed by atoms with van der Waals surface area (Å²) in [6.07, 6.45) is 4.51. The molecule has 0 aromatic carbocycles. The molecule has 0 amide bonds. The molecule has 0 bridgehead atoms. The smallest absolute Gasteiger partial charge is 0.320 e. The van der Waals surface area contributed by atoms with Gasteiger partial charge in [0.25, 0.3) is 0 Å². The third-order valence-electron chi connectivity index (χ3n) is 2.62. The minimum atomic E-state index is -0.861. The van der Waals surface area contributed by atoms with Crippen LogP contribution in [0.15, 0.2) is 12.4 Å². The first kappa shape index (κ1) is 15.2. The average molecular weight is 268 g/mol. The minimum Gasteiger partial charge on any atom is -0.465 e. The van der Waals surface area contributed by atoms with E-state index in [1.807, 2.05) is 13.2 Å². The van der Waals surface area contributed by atoms with Gasteiger partial charge in [-0.15, -0.1) is 0 Å². The lowest BCUT2D eigenvalue weighted by molar-refractivity contribution is -0.161. The van der Waals surface area contributed by atoms with Gasteiger partial charge < -0.3 is 9.47 Å². The zero-order chi connectivity index (χ0) is 14.3. The maximum atomic E-state index is 11.7. The Balaban J connectivity index is 2.62. The Morgan fingerprint density at radius 1 is 1.26 bits per heavy atom. The number of hydrogen-bond acceptors (Lipinski definition) is 5. The molecule has 1 heterocycles. The molecule has 1 aromatic rings. The van der Waals surface area contributed by atoms with Crippen molar-refractivity contribution in [3.8, 4) is 0 Å². The number of nitrogens with zero attached hydrogens (tertiary/aromatic N) is 2. The molecule has 6 heteroatoms. The lowest BCUT2D eigenvalue weighted by atomic mass is 10.0. The topological polar surface area (TPSA) is 70.4 Å². The number of carbonyl (C=O) groups excluding carboxylic acids is 2. The fourth-order valence-corrected chi connectivity index (χ4v) is 1.73. The quantitative estimate of drug-likeness (QED) is 0.547. The zero-order valence-corrected chi connectivity index (χ0v) is 11.6. The second-order valence-electron chi connectivity index (χ2n) is 4.12. The first-order valence-electron chi connectivity index (χ1n) is 6.39. The molecule has 0 fully saturated rings. The lowest BCUT2D eigenvalue weighted by Gasteiger charge is -2.13. The van der Waals surface area contributed by atoms with Crippen LogP contribution in [0, 0.1) is 5.92 Å². The molecule has 0 atom stereocenters. The molecule has 0 aliphatic rings. The van der Waals surface area contributed by atoms with Crippen molar-refractivity contribution in [2.24, 2.45) is 13.0 Å². The van der Waals surface area contributed by atoms with E-state index in [1.54, 1.807) is 24.7 Å². The lowest BCUT2D eigenvalue weighted by Crippen LogP contribution is -2.28. The standard InChI is InChI=1S/C13H20N2O4/c1-4-18-12(16)11(13(17)19-5-2)7-6-10-8-14-15(3)9-10/h8-9,11H,4-7H2,1-3H3. The van der Waals surface area contributed by atoms with Gasteiger partial charge >= 0.3 is 11.9 Å². The van der Waals surface area contributed by atoms with E-state index in [1.165, 1.54) is 0 Å². The van der Waals surface area contributed by atoms with Crippen LogP contribution < -0.4 is 0 Å². The number of aromatic nitrogens is 2. The minimum absolute atomic E-state index is 0.252. The summed E-state index contributed by atoms with van der Waals surface area (Å²) in [5.41, 5.74) is 0.973. The highest BCUT2D eigenvalue weighted by molar-refractivity contribution is 5.94. The van der Waals surface area contributed by atoms with E-state index in [0.29, 0.717) is 12.8 Å². The van der Waals surface area contributed by atoms with Crippen molar-refractivity contribution in [1.82, 2.24) is 9.78 Å². The largest absolute Gasteiger partial charge is 0.465 e. The van der Waals surface area contributed by atoms with Crippen LogP contribution in [0.25, 0.3) is 0 Å². The normalized spacial score (nSPS) is 10.5. The highest BCUT2D eigenvalue weighted by Gasteiger charge is 2.29. The van der Waals surface area contributed by atoms with Gasteiger partial charge in [-0.2, -0.15) is 5.10 Å². The molecular formula is C13H20N2O4. The van der Waals surface area contributed by atoms with Crippen molar-refractivity contribution in [2.75, 3.05) is 13.2 Å². The van der Waals surface area contributed by atoms with Crippen molar-refractivity contribution in [3.63, 3.8) is 0 Å². The van der Waals surface area contributed by atoms with E-state index in [9.17, 15) is 9.59 Å². The molecule has 0 aliphatic heterocycles. The molecule has 0 N–H and O–H groups in total. The molecule has 0 aliphatic carbocycles. The van der Waals surface area contributed by atoms with Gasteiger partial charge in [-0.25, -0.2) is 0 Å². The molecule has 19 heavy (non-hydrogen) atoms. The summed E-state index contributed by atoms with van der Waals surface area (Å²) in [4.78, 5) is 23.5. The van der Waals surface area contributed by atoms with Crippen LogP contribution in [0.5, 0.6) is 0 Å². The van der Waals surface area contributed by atoms with Crippen LogP contribution >= 0.6 is 0 Å². The third kappa shape index (κ3) is 4.73. The van der Waals surface area contributed by atoms with Gasteiger partial charge in [-0.3, -0.25) is 14.3 Å². The summed E-state index contributed by atoms with van der Waals surface area (Å²) >= 11 is 0. The Morgan fingerprint density at radius 3 is 2.26 bits per heavy atom. The summed E-state index contributed by atoms with van der Waals surface area (Å²) in [6, 6.07) is 0. The number of ether oxygens (including phenoxy) is 2. The third-order valence-corrected chi connectivity index (χ3v) is 2.62. The molecule has 106 valence electrons. The average Bonchev–Trinajstić information content (AvgIpc) is 2.76. The summed E-state index contributed by atoms with van der Waals surface area (Å²) in [5, 5.41) is 4.04. The van der Waals surface area contributed by atoms with Gasteiger partial charge in [0.2, 0.25) is 0 Å². The molecule has 0 saturated heterocycles. The molecule has 0 spiro atoms. The Labute approximate surface area is 112 Å². The number of aryl methyl sites for hydroxylation is 2. The molecular weight excluding hydrogens is 248 g/mol. The van der Waals surface area contributed by atoms with Gasteiger partial charge in [0.1, 0.15) is 0 Å². The summed E-state index contributed by atoms with van der Waals surface area (Å²) < 4.78 is 11.5. The number of carbonyl (C=O) groups is 2.